The lowest BCUT2D eigenvalue weighted by Crippen LogP contribution is -2.25. The number of hydrazone groups is 1. The molecule has 0 aromatic heterocycles. The van der Waals surface area contributed by atoms with Crippen molar-refractivity contribution in [3.63, 3.8) is 0 Å². The molecule has 1 saturated heterocycles. The number of nitrogens with zero attached hydrogens (tertiary/aromatic N) is 2. The lowest BCUT2D eigenvalue weighted by Gasteiger charge is -2.11. The summed E-state index contributed by atoms with van der Waals surface area (Å²) in [6.07, 6.45) is 0. The highest BCUT2D eigenvalue weighted by Gasteiger charge is 2.53. The minimum Gasteiger partial charge on any atom is -0.282 e. The fourth-order valence-corrected chi connectivity index (χ4v) is 5.02. The molecular formula is C27H31N3O2S. The van der Waals surface area contributed by atoms with Gasteiger partial charge in [0.1, 0.15) is 0 Å². The number of benzene rings is 3. The molecule has 0 radical (unpaired) electrons. The summed E-state index contributed by atoms with van der Waals surface area (Å²) in [7, 11) is -3.78. The van der Waals surface area contributed by atoms with E-state index in [0.29, 0.717) is 0 Å². The van der Waals surface area contributed by atoms with E-state index in [9.17, 15) is 8.42 Å². The summed E-state index contributed by atoms with van der Waals surface area (Å²) in [5, 5.41) is 4.52. The molecule has 4 rings (SSSR count). The minimum absolute atomic E-state index is 0.0175. The first-order valence-electron chi connectivity index (χ1n) is 11.2. The summed E-state index contributed by atoms with van der Waals surface area (Å²) < 4.78 is 25.9. The second-order valence-corrected chi connectivity index (χ2v) is 10.8. The molecule has 1 unspecified atom stereocenters. The maximum absolute atomic E-state index is 12.9. The van der Waals surface area contributed by atoms with Gasteiger partial charge in [0.15, 0.2) is 0 Å². The van der Waals surface area contributed by atoms with Crippen molar-refractivity contribution >= 4 is 15.7 Å². The van der Waals surface area contributed by atoms with Crippen LogP contribution in [0.1, 0.15) is 47.7 Å². The Balaban J connectivity index is 1.72. The van der Waals surface area contributed by atoms with Gasteiger partial charge < -0.3 is 0 Å². The molecule has 0 bridgehead atoms. The Labute approximate surface area is 197 Å². The molecule has 3 aromatic carbocycles. The normalized spacial score (nSPS) is 20.7. The zero-order valence-corrected chi connectivity index (χ0v) is 20.6. The van der Waals surface area contributed by atoms with Crippen molar-refractivity contribution in [1.29, 1.82) is 0 Å². The third kappa shape index (κ3) is 5.02. The summed E-state index contributed by atoms with van der Waals surface area (Å²) in [6.45, 7) is 10.4. The van der Waals surface area contributed by atoms with E-state index < -0.39 is 10.0 Å². The van der Waals surface area contributed by atoms with Crippen molar-refractivity contribution in [3.8, 4) is 0 Å². The Bertz CT molecular complexity index is 1250. The summed E-state index contributed by atoms with van der Waals surface area (Å²) in [4.78, 5) is 5.07. The van der Waals surface area contributed by atoms with Crippen molar-refractivity contribution < 1.29 is 8.42 Å². The van der Waals surface area contributed by atoms with Crippen LogP contribution < -0.4 is 4.83 Å². The zero-order valence-electron chi connectivity index (χ0n) is 19.8. The zero-order chi connectivity index (χ0) is 23.8. The molecule has 3 aromatic rings. The molecule has 1 N–H and O–H groups in total. The second-order valence-electron chi connectivity index (χ2n) is 9.11. The monoisotopic (exact) mass is 461 g/mol. The van der Waals surface area contributed by atoms with Gasteiger partial charge in [-0.2, -0.15) is 18.4 Å². The average Bonchev–Trinajstić information content (AvgIpc) is 3.51. The van der Waals surface area contributed by atoms with E-state index in [0.717, 1.165) is 22.4 Å². The quantitative estimate of drug-likeness (QED) is 0.301. The molecular weight excluding hydrogens is 430 g/mol. The number of rotatable bonds is 7. The van der Waals surface area contributed by atoms with E-state index in [1.165, 1.54) is 11.1 Å². The number of aryl methyl sites for hydroxylation is 3. The molecule has 1 aliphatic heterocycles. The van der Waals surface area contributed by atoms with Crippen molar-refractivity contribution in [1.82, 2.24) is 9.73 Å². The Hall–Kier alpha value is -2.96. The first kappa shape index (κ1) is 23.2. The number of hydrogen-bond donors (Lipinski definition) is 1. The summed E-state index contributed by atoms with van der Waals surface area (Å²) >= 11 is 0. The van der Waals surface area contributed by atoms with Gasteiger partial charge in [-0.3, -0.25) is 4.90 Å². The number of nitrogens with one attached hydrogen (secondary N) is 1. The summed E-state index contributed by atoms with van der Waals surface area (Å²) in [5.41, 5.74) is 6.21. The molecule has 0 aliphatic carbocycles. The summed E-state index contributed by atoms with van der Waals surface area (Å²) in [6, 6.07) is 23.8. The third-order valence-electron chi connectivity index (χ3n) is 6.11. The van der Waals surface area contributed by atoms with Gasteiger partial charge in [0, 0.05) is 6.04 Å². The molecule has 1 aliphatic rings. The van der Waals surface area contributed by atoms with E-state index in [4.69, 9.17) is 0 Å². The van der Waals surface area contributed by atoms with Crippen LogP contribution in [0.2, 0.25) is 0 Å². The lowest BCUT2D eigenvalue weighted by molar-refractivity contribution is 0.415. The van der Waals surface area contributed by atoms with Gasteiger partial charge >= 0.3 is 0 Å². The van der Waals surface area contributed by atoms with Crippen LogP contribution in [-0.4, -0.2) is 31.1 Å². The Morgan fingerprint density at radius 1 is 0.818 bits per heavy atom. The largest absolute Gasteiger partial charge is 0.282 e. The van der Waals surface area contributed by atoms with Gasteiger partial charge in [0.25, 0.3) is 10.0 Å². The van der Waals surface area contributed by atoms with Crippen molar-refractivity contribution in [2.75, 3.05) is 0 Å². The molecule has 0 saturated carbocycles. The Morgan fingerprint density at radius 2 is 1.30 bits per heavy atom. The molecule has 33 heavy (non-hydrogen) atoms. The van der Waals surface area contributed by atoms with Crippen LogP contribution in [0.5, 0.6) is 0 Å². The van der Waals surface area contributed by atoms with E-state index in [2.05, 4.69) is 59.9 Å². The fourth-order valence-electron chi connectivity index (χ4n) is 4.20. The molecule has 3 atom stereocenters. The van der Waals surface area contributed by atoms with Gasteiger partial charge in [0.05, 0.1) is 22.7 Å². The predicted octanol–water partition coefficient (Wildman–Crippen LogP) is 5.13. The van der Waals surface area contributed by atoms with E-state index >= 15 is 0 Å². The maximum atomic E-state index is 12.9. The highest BCUT2D eigenvalue weighted by Crippen LogP contribution is 2.46. The highest BCUT2D eigenvalue weighted by atomic mass is 32.2. The SMILES string of the molecule is Cc1ccc(/C(=N/NS(=O)(=O)c2ccc(C)cc2)[C@@H]2[C@H](c3ccc(C)cc3)N2C(C)C)cc1. The van der Waals surface area contributed by atoms with Gasteiger partial charge in [-0.25, -0.2) is 0 Å². The van der Waals surface area contributed by atoms with Crippen molar-refractivity contribution in [3.05, 3.63) is 101 Å². The fraction of sp³-hybridized carbons (Fsp3) is 0.296. The van der Waals surface area contributed by atoms with Crippen molar-refractivity contribution in [2.24, 2.45) is 5.10 Å². The lowest BCUT2D eigenvalue weighted by atomic mass is 10.0. The van der Waals surface area contributed by atoms with Gasteiger partial charge in [-0.05, 0) is 57.9 Å². The second kappa shape index (κ2) is 9.12. The van der Waals surface area contributed by atoms with Gasteiger partial charge in [0.2, 0.25) is 0 Å². The van der Waals surface area contributed by atoms with Crippen LogP contribution in [0, 0.1) is 20.8 Å². The first-order chi connectivity index (χ1) is 15.7. The minimum atomic E-state index is -3.78. The van der Waals surface area contributed by atoms with E-state index in [1.54, 1.807) is 24.3 Å². The highest BCUT2D eigenvalue weighted by molar-refractivity contribution is 7.89. The molecule has 6 heteroatoms. The van der Waals surface area contributed by atoms with Gasteiger partial charge in [-0.15, -0.1) is 0 Å². The Morgan fingerprint density at radius 3 is 1.82 bits per heavy atom. The third-order valence-corrected chi connectivity index (χ3v) is 7.34. The summed E-state index contributed by atoms with van der Waals surface area (Å²) in [5.74, 6) is 0. The first-order valence-corrected chi connectivity index (χ1v) is 12.7. The maximum Gasteiger partial charge on any atom is 0.276 e. The Kier molecular flexibility index (Phi) is 6.41. The number of sulfonamides is 1. The average molecular weight is 462 g/mol. The molecule has 172 valence electrons. The smallest absolute Gasteiger partial charge is 0.276 e. The van der Waals surface area contributed by atoms with Crippen LogP contribution in [0.3, 0.4) is 0 Å². The van der Waals surface area contributed by atoms with Crippen molar-refractivity contribution in [2.45, 2.75) is 57.6 Å². The predicted molar refractivity (Wildman–Crippen MR) is 134 cm³/mol. The van der Waals surface area contributed by atoms with E-state index in [1.807, 2.05) is 38.1 Å². The topological polar surface area (TPSA) is 61.5 Å². The van der Waals surface area contributed by atoms with Crippen LogP contribution in [-0.2, 0) is 10.0 Å². The molecule has 1 heterocycles. The van der Waals surface area contributed by atoms with Gasteiger partial charge in [-0.1, -0.05) is 77.4 Å². The van der Waals surface area contributed by atoms with Crippen LogP contribution in [0.25, 0.3) is 0 Å². The molecule has 0 spiro atoms. The molecule has 5 nitrogen and oxygen atoms in total. The van der Waals surface area contributed by atoms with Crippen LogP contribution >= 0.6 is 0 Å². The van der Waals surface area contributed by atoms with Crippen LogP contribution in [0.4, 0.5) is 0 Å². The standard InChI is InChI=1S/C27H31N3O2S/c1-18(2)30-26(23-14-8-20(4)9-15-23)27(30)25(22-12-6-19(3)7-13-22)28-29-33(31,32)24-16-10-21(5)11-17-24/h6-18,26-27,29H,1-5H3/b28-25-/t26-,27+,30?/m0/s1. The molecule has 0 amide bonds. The van der Waals surface area contributed by atoms with Crippen LogP contribution in [0.15, 0.2) is 82.8 Å². The van der Waals surface area contributed by atoms with E-state index in [-0.39, 0.29) is 23.0 Å². The number of hydrogen-bond acceptors (Lipinski definition) is 4. The molecule has 1 fully saturated rings.